The van der Waals surface area contributed by atoms with Crippen LogP contribution < -0.4 is 5.48 Å². The average molecular weight is 167 g/mol. The molecule has 5 heteroatoms. The lowest BCUT2D eigenvalue weighted by Crippen LogP contribution is -2.21. The van der Waals surface area contributed by atoms with Crippen LogP contribution in [0.2, 0.25) is 0 Å². The first kappa shape index (κ1) is 10.1. The molecule has 62 valence electrons. The third kappa shape index (κ3) is 4.94. The summed E-state index contributed by atoms with van der Waals surface area (Å²) in [5, 5.41) is 0. The maximum Gasteiger partial charge on any atom is 0.344 e. The summed E-state index contributed by atoms with van der Waals surface area (Å²) >= 11 is 0. The van der Waals surface area contributed by atoms with E-state index in [1.165, 1.54) is 0 Å². The second-order valence-corrected chi connectivity index (χ2v) is 4.41. The maximum absolute atomic E-state index is 10.8. The fourth-order valence-electron chi connectivity index (χ4n) is 0.252. The fourth-order valence-corrected chi connectivity index (χ4v) is 0.757. The Morgan fingerprint density at radius 3 is 2.50 bits per heavy atom. The van der Waals surface area contributed by atoms with E-state index in [2.05, 4.69) is 10.1 Å². The molecule has 0 aromatic heterocycles. The van der Waals surface area contributed by atoms with E-state index < -0.39 is 7.60 Å². The molecule has 4 nitrogen and oxygen atoms in total. The third-order valence-corrected chi connectivity index (χ3v) is 2.02. The van der Waals surface area contributed by atoms with E-state index in [1.54, 1.807) is 6.92 Å². The highest BCUT2D eigenvalue weighted by atomic mass is 31.2. The van der Waals surface area contributed by atoms with Crippen molar-refractivity contribution in [2.45, 2.75) is 26.8 Å². The quantitative estimate of drug-likeness (QED) is 0.486. The molecule has 0 spiro atoms. The van der Waals surface area contributed by atoms with Crippen LogP contribution in [0.3, 0.4) is 0 Å². The molecule has 0 amide bonds. The normalized spacial score (nSPS) is 17.3. The Kier molecular flexibility index (Phi) is 4.13. The van der Waals surface area contributed by atoms with Gasteiger partial charge in [-0.1, -0.05) is 6.92 Å². The molecule has 0 rings (SSSR count). The lowest BCUT2D eigenvalue weighted by molar-refractivity contribution is 0.144. The van der Waals surface area contributed by atoms with Gasteiger partial charge >= 0.3 is 7.60 Å². The number of nitrogens with one attached hydrogen (secondary N) is 1. The van der Waals surface area contributed by atoms with Gasteiger partial charge in [-0.2, -0.15) is 5.48 Å². The van der Waals surface area contributed by atoms with E-state index in [1.807, 2.05) is 13.8 Å². The van der Waals surface area contributed by atoms with Gasteiger partial charge in [0, 0.05) is 12.2 Å². The lowest BCUT2D eigenvalue weighted by atomic mass is 10.4. The molecule has 0 fully saturated rings. The molecule has 0 bridgehead atoms. The standard InChI is InChI=1S/C5H14NO3P/c1-4-10(7,8)9-6-5(2)3/h5-6H,4H2,1-3H3,(H,7,8). The predicted molar refractivity (Wildman–Crippen MR) is 39.7 cm³/mol. The molecule has 0 aliphatic rings. The molecule has 1 atom stereocenters. The van der Waals surface area contributed by atoms with Gasteiger partial charge in [0.2, 0.25) is 0 Å². The van der Waals surface area contributed by atoms with E-state index in [9.17, 15) is 4.57 Å². The second kappa shape index (κ2) is 4.09. The predicted octanol–water partition coefficient (Wildman–Crippen LogP) is 1.12. The van der Waals surface area contributed by atoms with E-state index in [-0.39, 0.29) is 12.2 Å². The first-order chi connectivity index (χ1) is 4.48. The Balaban J connectivity index is 3.58. The summed E-state index contributed by atoms with van der Waals surface area (Å²) in [5.74, 6) is 0. The molecule has 0 aromatic carbocycles. The number of rotatable bonds is 4. The molecular formula is C5H14NO3P. The number of hydroxylamine groups is 1. The zero-order valence-electron chi connectivity index (χ0n) is 6.50. The van der Waals surface area contributed by atoms with Crippen molar-refractivity contribution in [3.63, 3.8) is 0 Å². The molecule has 2 N–H and O–H groups in total. The summed E-state index contributed by atoms with van der Waals surface area (Å²) in [6, 6.07) is 0.0621. The molecule has 0 saturated heterocycles. The van der Waals surface area contributed by atoms with Gasteiger partial charge in [0.25, 0.3) is 0 Å². The van der Waals surface area contributed by atoms with Gasteiger partial charge < -0.3 is 4.89 Å². The van der Waals surface area contributed by atoms with Gasteiger partial charge in [-0.15, -0.1) is 0 Å². The smallest absolute Gasteiger partial charge is 0.323 e. The van der Waals surface area contributed by atoms with E-state index in [4.69, 9.17) is 4.89 Å². The van der Waals surface area contributed by atoms with Crippen LogP contribution in [0.1, 0.15) is 20.8 Å². The highest BCUT2D eigenvalue weighted by Gasteiger charge is 2.15. The molecule has 0 heterocycles. The minimum atomic E-state index is -3.34. The summed E-state index contributed by atoms with van der Waals surface area (Å²) < 4.78 is 15.3. The van der Waals surface area contributed by atoms with Crippen LogP contribution in [-0.4, -0.2) is 17.1 Å². The van der Waals surface area contributed by atoms with Crippen molar-refractivity contribution >= 4 is 7.60 Å². The Hall–Kier alpha value is 0.110. The number of hydrogen-bond donors (Lipinski definition) is 2. The van der Waals surface area contributed by atoms with E-state index >= 15 is 0 Å². The van der Waals surface area contributed by atoms with Gasteiger partial charge in [-0.05, 0) is 13.8 Å². The first-order valence-electron chi connectivity index (χ1n) is 3.24. The van der Waals surface area contributed by atoms with Crippen LogP contribution in [-0.2, 0) is 9.19 Å². The average Bonchev–Trinajstić information content (AvgIpc) is 1.85. The molecule has 10 heavy (non-hydrogen) atoms. The summed E-state index contributed by atoms with van der Waals surface area (Å²) in [5.41, 5.74) is 2.42. The Morgan fingerprint density at radius 2 is 2.20 bits per heavy atom. The summed E-state index contributed by atoms with van der Waals surface area (Å²) in [6.45, 7) is 5.26. The minimum absolute atomic E-state index is 0.0621. The van der Waals surface area contributed by atoms with Crippen molar-refractivity contribution < 1.29 is 14.1 Å². The maximum atomic E-state index is 10.8. The van der Waals surface area contributed by atoms with Crippen LogP contribution in [0.25, 0.3) is 0 Å². The Bertz CT molecular complexity index is 137. The first-order valence-corrected chi connectivity index (χ1v) is 5.00. The highest BCUT2D eigenvalue weighted by Crippen LogP contribution is 2.39. The van der Waals surface area contributed by atoms with Crippen LogP contribution in [0.15, 0.2) is 0 Å². The lowest BCUT2D eigenvalue weighted by Gasteiger charge is -2.11. The molecule has 0 aliphatic heterocycles. The second-order valence-electron chi connectivity index (χ2n) is 2.32. The monoisotopic (exact) mass is 167 g/mol. The highest BCUT2D eigenvalue weighted by molar-refractivity contribution is 7.52. The summed E-state index contributed by atoms with van der Waals surface area (Å²) in [6.07, 6.45) is 0.132. The Labute approximate surface area is 61.1 Å². The Morgan fingerprint density at radius 1 is 1.70 bits per heavy atom. The van der Waals surface area contributed by atoms with Gasteiger partial charge in [0.1, 0.15) is 0 Å². The third-order valence-electron chi connectivity index (χ3n) is 0.831. The SMILES string of the molecule is CCP(=O)(O)ONC(C)C. The topological polar surface area (TPSA) is 58.6 Å². The minimum Gasteiger partial charge on any atom is -0.323 e. The van der Waals surface area contributed by atoms with E-state index in [0.717, 1.165) is 0 Å². The van der Waals surface area contributed by atoms with Crippen LogP contribution in [0.5, 0.6) is 0 Å². The zero-order valence-corrected chi connectivity index (χ0v) is 7.39. The van der Waals surface area contributed by atoms with Crippen molar-refractivity contribution in [1.29, 1.82) is 0 Å². The van der Waals surface area contributed by atoms with Gasteiger partial charge in [-0.25, -0.2) is 4.62 Å². The fraction of sp³-hybridized carbons (Fsp3) is 1.00. The zero-order chi connectivity index (χ0) is 8.20. The largest absolute Gasteiger partial charge is 0.344 e. The van der Waals surface area contributed by atoms with Gasteiger partial charge in [0.05, 0.1) is 0 Å². The summed E-state index contributed by atoms with van der Waals surface area (Å²) in [7, 11) is -3.34. The van der Waals surface area contributed by atoms with Crippen molar-refractivity contribution in [3.05, 3.63) is 0 Å². The van der Waals surface area contributed by atoms with E-state index in [0.29, 0.717) is 0 Å². The van der Waals surface area contributed by atoms with Crippen molar-refractivity contribution in [2.75, 3.05) is 6.16 Å². The van der Waals surface area contributed by atoms with Crippen molar-refractivity contribution in [2.24, 2.45) is 0 Å². The van der Waals surface area contributed by atoms with Gasteiger partial charge in [-0.3, -0.25) is 4.57 Å². The molecule has 0 radical (unpaired) electrons. The van der Waals surface area contributed by atoms with Crippen LogP contribution in [0.4, 0.5) is 0 Å². The van der Waals surface area contributed by atoms with Crippen molar-refractivity contribution in [1.82, 2.24) is 5.48 Å². The molecule has 1 unspecified atom stereocenters. The van der Waals surface area contributed by atoms with Crippen LogP contribution in [0, 0.1) is 0 Å². The molecule has 0 saturated carbocycles. The summed E-state index contributed by atoms with van der Waals surface area (Å²) in [4.78, 5) is 8.84. The van der Waals surface area contributed by atoms with Gasteiger partial charge in [0.15, 0.2) is 0 Å². The molecule has 0 aliphatic carbocycles. The number of hydrogen-bond acceptors (Lipinski definition) is 3. The molecule has 0 aromatic rings. The van der Waals surface area contributed by atoms with Crippen molar-refractivity contribution in [3.8, 4) is 0 Å². The molecular weight excluding hydrogens is 153 g/mol. The van der Waals surface area contributed by atoms with Crippen LogP contribution >= 0.6 is 7.60 Å².